The summed E-state index contributed by atoms with van der Waals surface area (Å²) in [6, 6.07) is 0.0117. The number of carbonyl (C=O) groups is 1. The van der Waals surface area contributed by atoms with Crippen LogP contribution in [0, 0.1) is 5.92 Å². The van der Waals surface area contributed by atoms with Gasteiger partial charge in [-0.05, 0) is 26.3 Å². The van der Waals surface area contributed by atoms with Crippen molar-refractivity contribution < 1.29 is 4.79 Å². The molecule has 1 aliphatic heterocycles. The number of amides is 1. The van der Waals surface area contributed by atoms with Gasteiger partial charge >= 0.3 is 0 Å². The average molecular weight is 267 g/mol. The minimum absolute atomic E-state index is 0.172. The Morgan fingerprint density at radius 1 is 1.26 bits per heavy atom. The van der Waals surface area contributed by atoms with Crippen LogP contribution in [0.25, 0.3) is 0 Å². The van der Waals surface area contributed by atoms with E-state index in [1.165, 1.54) is 32.1 Å². The van der Waals surface area contributed by atoms with Crippen molar-refractivity contribution in [2.45, 2.75) is 57.5 Å². The summed E-state index contributed by atoms with van der Waals surface area (Å²) < 4.78 is 0. The molecule has 19 heavy (non-hydrogen) atoms. The maximum atomic E-state index is 12.5. The highest BCUT2D eigenvalue weighted by Crippen LogP contribution is 2.27. The first-order chi connectivity index (χ1) is 9.08. The van der Waals surface area contributed by atoms with E-state index in [0.717, 1.165) is 26.1 Å². The van der Waals surface area contributed by atoms with Crippen molar-refractivity contribution in [2.75, 3.05) is 26.7 Å². The second-order valence-corrected chi connectivity index (χ2v) is 6.49. The molecular formula is C15H29N3O. The van der Waals surface area contributed by atoms with Gasteiger partial charge < -0.3 is 15.5 Å². The second kappa shape index (κ2) is 6.71. The number of hydrogen-bond donors (Lipinski definition) is 1. The summed E-state index contributed by atoms with van der Waals surface area (Å²) in [7, 11) is 2.11. The van der Waals surface area contributed by atoms with E-state index in [1.807, 2.05) is 4.90 Å². The Morgan fingerprint density at radius 3 is 2.58 bits per heavy atom. The number of hydrogen-bond acceptors (Lipinski definition) is 3. The van der Waals surface area contributed by atoms with Crippen molar-refractivity contribution in [2.24, 2.45) is 11.7 Å². The maximum absolute atomic E-state index is 12.5. The predicted octanol–water partition coefficient (Wildman–Crippen LogP) is 1.45. The molecule has 2 rings (SSSR count). The van der Waals surface area contributed by atoms with Crippen LogP contribution in [0.2, 0.25) is 0 Å². The summed E-state index contributed by atoms with van der Waals surface area (Å²) >= 11 is 0. The molecule has 1 heterocycles. The van der Waals surface area contributed by atoms with Gasteiger partial charge in [0.2, 0.25) is 5.91 Å². The van der Waals surface area contributed by atoms with E-state index in [2.05, 4.69) is 18.9 Å². The van der Waals surface area contributed by atoms with Crippen LogP contribution in [0.5, 0.6) is 0 Å². The molecule has 2 aliphatic rings. The summed E-state index contributed by atoms with van der Waals surface area (Å²) in [6.45, 7) is 4.88. The third kappa shape index (κ3) is 3.93. The molecule has 0 aromatic rings. The van der Waals surface area contributed by atoms with Crippen LogP contribution < -0.4 is 5.73 Å². The molecule has 0 bridgehead atoms. The normalized spacial score (nSPS) is 28.4. The molecule has 0 radical (unpaired) electrons. The Bertz CT molecular complexity index is 302. The van der Waals surface area contributed by atoms with E-state index < -0.39 is 0 Å². The fourth-order valence-electron chi connectivity index (χ4n) is 3.56. The fourth-order valence-corrected chi connectivity index (χ4v) is 3.56. The Kier molecular flexibility index (Phi) is 5.22. The highest BCUT2D eigenvalue weighted by molar-refractivity contribution is 5.82. The topological polar surface area (TPSA) is 49.6 Å². The minimum Gasteiger partial charge on any atom is -0.336 e. The van der Waals surface area contributed by atoms with Crippen LogP contribution in [0.15, 0.2) is 0 Å². The number of nitrogens with two attached hydrogens (primary N) is 1. The van der Waals surface area contributed by atoms with Crippen molar-refractivity contribution in [1.29, 1.82) is 0 Å². The molecular weight excluding hydrogens is 238 g/mol. The molecule has 1 saturated carbocycles. The third-order valence-corrected chi connectivity index (χ3v) is 4.74. The monoisotopic (exact) mass is 267 g/mol. The van der Waals surface area contributed by atoms with Gasteiger partial charge in [0.05, 0.1) is 6.04 Å². The summed E-state index contributed by atoms with van der Waals surface area (Å²) in [6.07, 6.45) is 7.40. The molecule has 0 spiro atoms. The summed E-state index contributed by atoms with van der Waals surface area (Å²) in [5.74, 6) is 0.849. The zero-order chi connectivity index (χ0) is 13.8. The Morgan fingerprint density at radius 2 is 1.95 bits per heavy atom. The first-order valence-corrected chi connectivity index (χ1v) is 7.82. The zero-order valence-electron chi connectivity index (χ0n) is 12.5. The van der Waals surface area contributed by atoms with Crippen LogP contribution in [0.3, 0.4) is 0 Å². The number of nitrogens with zero attached hydrogens (tertiary/aromatic N) is 2. The highest BCUT2D eigenvalue weighted by atomic mass is 16.2. The van der Waals surface area contributed by atoms with Gasteiger partial charge in [-0.1, -0.05) is 32.1 Å². The third-order valence-electron chi connectivity index (χ3n) is 4.74. The Hall–Kier alpha value is -0.610. The molecule has 0 aromatic heterocycles. The maximum Gasteiger partial charge on any atom is 0.239 e. The van der Waals surface area contributed by atoms with Crippen molar-refractivity contribution in [1.82, 2.24) is 9.80 Å². The van der Waals surface area contributed by atoms with E-state index in [1.54, 1.807) is 0 Å². The first kappa shape index (κ1) is 14.8. The number of likely N-dealkylation sites (N-methyl/N-ethyl adjacent to an activating group) is 1. The molecule has 2 fully saturated rings. The fraction of sp³-hybridized carbons (Fsp3) is 0.933. The summed E-state index contributed by atoms with van der Waals surface area (Å²) in [4.78, 5) is 16.7. The molecule has 1 saturated heterocycles. The lowest BCUT2D eigenvalue weighted by molar-refractivity contribution is -0.137. The molecule has 110 valence electrons. The van der Waals surface area contributed by atoms with Gasteiger partial charge in [-0.2, -0.15) is 0 Å². The SMILES string of the molecule is CC1CN(C)CCN1C(=O)C(N)CC1CCCCC1. The number of rotatable bonds is 3. The van der Waals surface area contributed by atoms with Gasteiger partial charge in [0.15, 0.2) is 0 Å². The smallest absolute Gasteiger partial charge is 0.239 e. The highest BCUT2D eigenvalue weighted by Gasteiger charge is 2.30. The minimum atomic E-state index is -0.283. The van der Waals surface area contributed by atoms with Crippen LogP contribution in [0.1, 0.15) is 45.4 Å². The molecule has 1 aliphatic carbocycles. The van der Waals surface area contributed by atoms with Crippen LogP contribution in [-0.2, 0) is 4.79 Å². The molecule has 0 aromatic carbocycles. The number of carbonyl (C=O) groups excluding carboxylic acids is 1. The lowest BCUT2D eigenvalue weighted by atomic mass is 9.84. The molecule has 2 N–H and O–H groups in total. The quantitative estimate of drug-likeness (QED) is 0.842. The van der Waals surface area contributed by atoms with E-state index in [4.69, 9.17) is 5.73 Å². The van der Waals surface area contributed by atoms with Crippen molar-refractivity contribution in [3.8, 4) is 0 Å². The Balaban J connectivity index is 1.84. The summed E-state index contributed by atoms with van der Waals surface area (Å²) in [5, 5.41) is 0. The zero-order valence-corrected chi connectivity index (χ0v) is 12.5. The lowest BCUT2D eigenvalue weighted by Gasteiger charge is -2.39. The van der Waals surface area contributed by atoms with Crippen molar-refractivity contribution >= 4 is 5.91 Å². The van der Waals surface area contributed by atoms with Gasteiger partial charge in [0.1, 0.15) is 0 Å². The molecule has 4 nitrogen and oxygen atoms in total. The van der Waals surface area contributed by atoms with Gasteiger partial charge in [0.25, 0.3) is 0 Å². The van der Waals surface area contributed by atoms with E-state index >= 15 is 0 Å². The average Bonchev–Trinajstić information content (AvgIpc) is 2.39. The molecule has 2 unspecified atom stereocenters. The second-order valence-electron chi connectivity index (χ2n) is 6.49. The van der Waals surface area contributed by atoms with E-state index in [-0.39, 0.29) is 11.9 Å². The van der Waals surface area contributed by atoms with Gasteiger partial charge in [-0.3, -0.25) is 4.79 Å². The van der Waals surface area contributed by atoms with Crippen LogP contribution in [-0.4, -0.2) is 54.5 Å². The molecule has 2 atom stereocenters. The van der Waals surface area contributed by atoms with E-state index in [0.29, 0.717) is 12.0 Å². The largest absolute Gasteiger partial charge is 0.336 e. The van der Waals surface area contributed by atoms with Crippen LogP contribution in [0.4, 0.5) is 0 Å². The van der Waals surface area contributed by atoms with Gasteiger partial charge in [0, 0.05) is 25.7 Å². The standard InChI is InChI=1S/C15H29N3O/c1-12-11-17(2)8-9-18(12)15(19)14(16)10-13-6-4-3-5-7-13/h12-14H,3-11,16H2,1-2H3. The van der Waals surface area contributed by atoms with Crippen molar-refractivity contribution in [3.05, 3.63) is 0 Å². The molecule has 1 amide bonds. The lowest BCUT2D eigenvalue weighted by Crippen LogP contribution is -2.56. The van der Waals surface area contributed by atoms with Gasteiger partial charge in [-0.15, -0.1) is 0 Å². The van der Waals surface area contributed by atoms with Crippen LogP contribution >= 0.6 is 0 Å². The molecule has 4 heteroatoms. The number of piperazine rings is 1. The Labute approximate surface area is 117 Å². The van der Waals surface area contributed by atoms with E-state index in [9.17, 15) is 4.79 Å². The van der Waals surface area contributed by atoms with Crippen molar-refractivity contribution in [3.63, 3.8) is 0 Å². The van der Waals surface area contributed by atoms with Gasteiger partial charge in [-0.25, -0.2) is 0 Å². The summed E-state index contributed by atoms with van der Waals surface area (Å²) in [5.41, 5.74) is 6.17. The first-order valence-electron chi connectivity index (χ1n) is 7.82. The predicted molar refractivity (Wildman–Crippen MR) is 77.8 cm³/mol.